The Hall–Kier alpha value is 0.733. The first-order valence-corrected chi connectivity index (χ1v) is 2.59. The Morgan fingerprint density at radius 3 is 1.50 bits per heavy atom. The van der Waals surface area contributed by atoms with Crippen LogP contribution in [0.15, 0.2) is 30.3 Å². The zero-order valence-electron chi connectivity index (χ0n) is 6.88. The number of hydrogen-bond acceptors (Lipinski definition) is 1. The maximum atomic E-state index is 10.2. The Morgan fingerprint density at radius 2 is 1.29 bits per heavy atom. The van der Waals surface area contributed by atoms with Gasteiger partial charge >= 0.3 is 5.97 Å². The first-order valence-electron chi connectivity index (χ1n) is 2.59. The van der Waals surface area contributed by atoms with Crippen molar-refractivity contribution < 1.29 is 36.1 Å². The summed E-state index contributed by atoms with van der Waals surface area (Å²) >= 11 is 0. The predicted molar refractivity (Wildman–Crippen MR) is 62.4 cm³/mol. The van der Waals surface area contributed by atoms with Gasteiger partial charge in [0.1, 0.15) is 0 Å². The van der Waals surface area contributed by atoms with Crippen molar-refractivity contribution in [3.8, 4) is 0 Å². The number of halogens is 4. The van der Waals surface area contributed by atoms with Gasteiger partial charge in [-0.1, -0.05) is 18.2 Å². The van der Waals surface area contributed by atoms with E-state index in [-0.39, 0.29) is 75.8 Å². The van der Waals surface area contributed by atoms with E-state index >= 15 is 0 Å². The normalized spacial score (nSPS) is 5.71. The summed E-state index contributed by atoms with van der Waals surface area (Å²) < 4.78 is 0. The minimum Gasteiger partial charge on any atom is -0.478 e. The molecule has 7 heteroatoms. The Balaban J connectivity index is -0.0000000540. The maximum Gasteiger partial charge on any atom is 0.335 e. The molecule has 0 fully saturated rings. The fraction of sp³-hybridized carbons (Fsp3) is 0. The Morgan fingerprint density at radius 1 is 0.929 bits per heavy atom. The molecule has 0 saturated heterocycles. The molecule has 0 heterocycles. The first-order chi connectivity index (χ1) is 4.30. The van der Waals surface area contributed by atoms with Gasteiger partial charge in [0.2, 0.25) is 0 Å². The molecule has 14 heavy (non-hydrogen) atoms. The fourth-order valence-corrected chi connectivity index (χ4v) is 0.581. The van der Waals surface area contributed by atoms with Crippen molar-refractivity contribution >= 4 is 55.6 Å². The summed E-state index contributed by atoms with van der Waals surface area (Å²) in [5, 5.41) is 8.38. The van der Waals surface area contributed by atoms with Crippen LogP contribution in [-0.2, 0) is 26.2 Å². The Kier molecular flexibility index (Phi) is 33.9. The molecule has 1 N–H and O–H groups in total. The second-order valence-electron chi connectivity index (χ2n) is 1.67. The third kappa shape index (κ3) is 10.8. The summed E-state index contributed by atoms with van der Waals surface area (Å²) in [6, 6.07) is 8.30. The van der Waals surface area contributed by atoms with Crippen LogP contribution in [0, 0.1) is 0 Å². The third-order valence-corrected chi connectivity index (χ3v) is 1.02. The van der Waals surface area contributed by atoms with Gasteiger partial charge < -0.3 is 5.11 Å². The molecule has 0 amide bonds. The minimum atomic E-state index is -0.879. The van der Waals surface area contributed by atoms with E-state index in [1.807, 2.05) is 0 Å². The molecule has 0 unspecified atom stereocenters. The van der Waals surface area contributed by atoms with Crippen LogP contribution in [0.1, 0.15) is 10.4 Å². The number of hydrogen-bond donors (Lipinski definition) is 1. The average molecular weight is 359 g/mol. The molecule has 0 spiro atoms. The van der Waals surface area contributed by atoms with Crippen molar-refractivity contribution in [2.75, 3.05) is 0 Å². The summed E-state index contributed by atoms with van der Waals surface area (Å²) in [6.07, 6.45) is 0. The number of carboxylic acids is 1. The summed E-state index contributed by atoms with van der Waals surface area (Å²) in [6.45, 7) is 0. The van der Waals surface area contributed by atoms with E-state index in [1.165, 1.54) is 0 Å². The van der Waals surface area contributed by atoms with Crippen LogP contribution in [0.2, 0.25) is 0 Å². The second-order valence-corrected chi connectivity index (χ2v) is 1.67. The number of aromatic carboxylic acids is 1. The van der Waals surface area contributed by atoms with Gasteiger partial charge in [-0.05, 0) is 12.1 Å². The van der Waals surface area contributed by atoms with Gasteiger partial charge in [0.15, 0.2) is 0 Å². The molecule has 0 atom stereocenters. The van der Waals surface area contributed by atoms with Gasteiger partial charge in [-0.3, -0.25) is 0 Å². The molecule has 0 aliphatic carbocycles. The number of carbonyl (C=O) groups is 1. The number of carboxylic acid groups (broad SMARTS) is 1. The zero-order valence-corrected chi connectivity index (χ0v) is 12.6. The molecule has 0 bridgehead atoms. The van der Waals surface area contributed by atoms with E-state index in [0.29, 0.717) is 5.56 Å². The van der Waals surface area contributed by atoms with Crippen LogP contribution in [0.3, 0.4) is 0 Å². The van der Waals surface area contributed by atoms with Crippen molar-refractivity contribution in [3.05, 3.63) is 35.9 Å². The quantitative estimate of drug-likeness (QED) is 0.837. The summed E-state index contributed by atoms with van der Waals surface area (Å²) in [5.74, 6) is -0.879. The van der Waals surface area contributed by atoms with Gasteiger partial charge in [-0.25, -0.2) is 4.79 Å². The standard InChI is InChI=1S/C7H6O2.4ClH.Zr/c8-7(9)6-4-2-1-3-5-6;;;;;/h1-5H,(H,8,9);4*1H;. The van der Waals surface area contributed by atoms with Crippen LogP contribution in [0.25, 0.3) is 0 Å². The SMILES string of the molecule is Cl.Cl.Cl.Cl.O=C(O)c1ccccc1.[Zr]. The van der Waals surface area contributed by atoms with Crippen LogP contribution in [0.4, 0.5) is 0 Å². The van der Waals surface area contributed by atoms with E-state index in [1.54, 1.807) is 30.3 Å². The van der Waals surface area contributed by atoms with Crippen LogP contribution in [-0.4, -0.2) is 11.1 Å². The largest absolute Gasteiger partial charge is 0.478 e. The van der Waals surface area contributed by atoms with Gasteiger partial charge in [-0.2, -0.15) is 0 Å². The average Bonchev–Trinajstić information content (AvgIpc) is 1.90. The van der Waals surface area contributed by atoms with Crippen molar-refractivity contribution in [1.29, 1.82) is 0 Å². The van der Waals surface area contributed by atoms with E-state index in [9.17, 15) is 4.79 Å². The van der Waals surface area contributed by atoms with Gasteiger partial charge in [0.25, 0.3) is 0 Å². The molecule has 0 aliphatic heterocycles. The van der Waals surface area contributed by atoms with E-state index in [2.05, 4.69) is 0 Å². The molecule has 82 valence electrons. The fourth-order valence-electron chi connectivity index (χ4n) is 0.581. The Labute approximate surface area is 127 Å². The number of benzene rings is 1. The monoisotopic (exact) mass is 356 g/mol. The zero-order chi connectivity index (χ0) is 6.69. The summed E-state index contributed by atoms with van der Waals surface area (Å²) in [7, 11) is 0. The molecule has 1 aromatic carbocycles. The minimum absolute atomic E-state index is 0. The van der Waals surface area contributed by atoms with Gasteiger partial charge in [0, 0.05) is 26.2 Å². The second kappa shape index (κ2) is 16.2. The van der Waals surface area contributed by atoms with Crippen LogP contribution >= 0.6 is 49.6 Å². The van der Waals surface area contributed by atoms with Crippen LogP contribution in [0.5, 0.6) is 0 Å². The number of rotatable bonds is 1. The van der Waals surface area contributed by atoms with Gasteiger partial charge in [0.05, 0.1) is 5.56 Å². The topological polar surface area (TPSA) is 37.3 Å². The van der Waals surface area contributed by atoms with Crippen LogP contribution < -0.4 is 0 Å². The van der Waals surface area contributed by atoms with Crippen molar-refractivity contribution in [1.82, 2.24) is 0 Å². The third-order valence-electron chi connectivity index (χ3n) is 1.02. The Bertz CT molecular complexity index is 220. The summed E-state index contributed by atoms with van der Waals surface area (Å²) in [5.41, 5.74) is 0.331. The molecular formula is C7H10Cl4O2Zr. The first kappa shape index (κ1) is 29.3. The molecule has 0 saturated carbocycles. The molecule has 0 radical (unpaired) electrons. The molecule has 2 nitrogen and oxygen atoms in total. The molecule has 0 aliphatic rings. The van der Waals surface area contributed by atoms with E-state index in [0.717, 1.165) is 0 Å². The van der Waals surface area contributed by atoms with Crippen molar-refractivity contribution in [3.63, 3.8) is 0 Å². The van der Waals surface area contributed by atoms with E-state index in [4.69, 9.17) is 5.11 Å². The van der Waals surface area contributed by atoms with Crippen molar-refractivity contribution in [2.45, 2.75) is 0 Å². The smallest absolute Gasteiger partial charge is 0.335 e. The predicted octanol–water partition coefficient (Wildman–Crippen LogP) is 3.07. The van der Waals surface area contributed by atoms with Crippen molar-refractivity contribution in [2.24, 2.45) is 0 Å². The molecule has 0 aromatic heterocycles. The molecular weight excluding hydrogens is 349 g/mol. The van der Waals surface area contributed by atoms with Gasteiger partial charge in [-0.15, -0.1) is 49.6 Å². The summed E-state index contributed by atoms with van der Waals surface area (Å²) in [4.78, 5) is 10.2. The van der Waals surface area contributed by atoms with E-state index < -0.39 is 5.97 Å². The molecule has 1 rings (SSSR count). The molecule has 1 aromatic rings. The maximum absolute atomic E-state index is 10.2.